The molecule has 1 amide bonds. The molecule has 9 heteroatoms. The summed E-state index contributed by atoms with van der Waals surface area (Å²) in [6.45, 7) is 8.59. The second kappa shape index (κ2) is 21.1. The van der Waals surface area contributed by atoms with Gasteiger partial charge in [-0.2, -0.15) is 8.42 Å². The molecule has 0 atom stereocenters. The van der Waals surface area contributed by atoms with Crippen LogP contribution >= 0.6 is 0 Å². The van der Waals surface area contributed by atoms with Gasteiger partial charge in [-0.1, -0.05) is 90.4 Å². The van der Waals surface area contributed by atoms with Gasteiger partial charge in [-0.15, -0.1) is 0 Å². The highest BCUT2D eigenvalue weighted by atomic mass is 32.2. The maximum absolute atomic E-state index is 12.5. The minimum Gasteiger partial charge on any atom is -0.354 e. The van der Waals surface area contributed by atoms with E-state index in [-0.39, 0.29) is 5.91 Å². The number of unbranched alkanes of at least 4 members (excludes halogenated alkanes) is 14. The van der Waals surface area contributed by atoms with Gasteiger partial charge in [0, 0.05) is 38.9 Å². The van der Waals surface area contributed by atoms with E-state index in [9.17, 15) is 13.2 Å². The predicted octanol–water partition coefficient (Wildman–Crippen LogP) is 6.17. The van der Waals surface area contributed by atoms with E-state index in [4.69, 9.17) is 4.18 Å². The Kier molecular flexibility index (Phi) is 18.2. The van der Waals surface area contributed by atoms with E-state index in [2.05, 4.69) is 27.0 Å². The van der Waals surface area contributed by atoms with Crippen LogP contribution in [0.15, 0.2) is 18.3 Å². The Morgan fingerprint density at radius 1 is 0.825 bits per heavy atom. The highest BCUT2D eigenvalue weighted by Crippen LogP contribution is 2.15. The van der Waals surface area contributed by atoms with Crippen LogP contribution in [-0.2, 0) is 14.3 Å². The predicted molar refractivity (Wildman–Crippen MR) is 166 cm³/mol. The fraction of sp³-hybridized carbons (Fsp3) is 0.806. The lowest BCUT2D eigenvalue weighted by molar-refractivity contribution is 0.0952. The molecule has 230 valence electrons. The molecule has 0 spiro atoms. The third-order valence-corrected chi connectivity index (χ3v) is 8.25. The molecule has 0 aliphatic carbocycles. The first-order chi connectivity index (χ1) is 19.4. The van der Waals surface area contributed by atoms with Gasteiger partial charge in [-0.25, -0.2) is 4.98 Å². The minimum atomic E-state index is -3.28. The lowest BCUT2D eigenvalue weighted by atomic mass is 10.0. The monoisotopic (exact) mass is 580 g/mol. The van der Waals surface area contributed by atoms with Crippen molar-refractivity contribution >= 4 is 21.8 Å². The lowest BCUT2D eigenvalue weighted by Crippen LogP contribution is -2.46. The van der Waals surface area contributed by atoms with Crippen molar-refractivity contribution in [3.05, 3.63) is 23.9 Å². The first kappa shape index (κ1) is 34.5. The molecule has 2 heterocycles. The third kappa shape index (κ3) is 16.5. The van der Waals surface area contributed by atoms with Crippen LogP contribution in [0.1, 0.15) is 120 Å². The number of hydrogen-bond acceptors (Lipinski definition) is 7. The number of aromatic nitrogens is 1. The van der Waals surface area contributed by atoms with Crippen molar-refractivity contribution in [2.24, 2.45) is 0 Å². The second-order valence-electron chi connectivity index (χ2n) is 11.3. The van der Waals surface area contributed by atoms with Crippen LogP contribution in [0, 0.1) is 0 Å². The number of carbonyl (C=O) groups is 1. The second-order valence-corrected chi connectivity index (χ2v) is 13.0. The summed E-state index contributed by atoms with van der Waals surface area (Å²) in [5, 5.41) is 3.05. The van der Waals surface area contributed by atoms with Gasteiger partial charge in [-0.05, 0) is 37.9 Å². The summed E-state index contributed by atoms with van der Waals surface area (Å²) in [5.41, 5.74) is 0.644. The Bertz CT molecular complexity index is 887. The Hall–Kier alpha value is -1.71. The Labute approximate surface area is 244 Å². The van der Waals surface area contributed by atoms with Crippen LogP contribution in [0.3, 0.4) is 0 Å². The van der Waals surface area contributed by atoms with Crippen molar-refractivity contribution in [2.75, 3.05) is 57.0 Å². The molecule has 1 aliphatic heterocycles. The molecule has 1 aliphatic rings. The average Bonchev–Trinajstić information content (AvgIpc) is 2.94. The number of anilines is 1. The maximum Gasteiger partial charge on any atom is 0.264 e. The molecule has 8 nitrogen and oxygen atoms in total. The summed E-state index contributed by atoms with van der Waals surface area (Å²) < 4.78 is 26.5. The number of nitrogens with one attached hydrogen (secondary N) is 1. The zero-order valence-corrected chi connectivity index (χ0v) is 26.2. The molecule has 0 aromatic carbocycles. The van der Waals surface area contributed by atoms with E-state index in [1.807, 2.05) is 12.1 Å². The number of rotatable bonds is 23. The largest absolute Gasteiger partial charge is 0.354 e. The smallest absolute Gasteiger partial charge is 0.264 e. The summed E-state index contributed by atoms with van der Waals surface area (Å²) in [5.74, 6) is 0.947. The zero-order valence-electron chi connectivity index (χ0n) is 25.4. The molecular formula is C31H56N4O4S. The van der Waals surface area contributed by atoms with Gasteiger partial charge in [0.05, 0.1) is 18.4 Å². The molecule has 1 N–H and O–H groups in total. The number of carbonyl (C=O) groups excluding carboxylic acids is 1. The molecule has 40 heavy (non-hydrogen) atoms. The van der Waals surface area contributed by atoms with Crippen LogP contribution in [0.2, 0.25) is 0 Å². The number of amides is 1. The third-order valence-electron chi connectivity index (χ3n) is 7.65. The van der Waals surface area contributed by atoms with Gasteiger partial charge in [-0.3, -0.25) is 13.9 Å². The SMILES string of the molecule is CCCN1CCN(c2ccc(C(=O)NCCCCCCCCCCCCCCCCCOS(C)(=O)=O)cn2)CC1. The Balaban J connectivity index is 1.35. The summed E-state index contributed by atoms with van der Waals surface area (Å²) in [7, 11) is -3.28. The molecular weight excluding hydrogens is 524 g/mol. The van der Waals surface area contributed by atoms with E-state index >= 15 is 0 Å². The van der Waals surface area contributed by atoms with Crippen LogP contribution in [0.4, 0.5) is 5.82 Å². The Morgan fingerprint density at radius 2 is 1.35 bits per heavy atom. The van der Waals surface area contributed by atoms with Crippen molar-refractivity contribution in [1.29, 1.82) is 0 Å². The van der Waals surface area contributed by atoms with Crippen LogP contribution in [0.25, 0.3) is 0 Å². The van der Waals surface area contributed by atoms with Crippen molar-refractivity contribution in [2.45, 2.75) is 110 Å². The van der Waals surface area contributed by atoms with E-state index in [1.165, 1.54) is 90.0 Å². The number of hydrogen-bond donors (Lipinski definition) is 1. The van der Waals surface area contributed by atoms with Crippen molar-refractivity contribution in [3.63, 3.8) is 0 Å². The molecule has 1 aromatic rings. The first-order valence-corrected chi connectivity index (χ1v) is 17.8. The number of piperazine rings is 1. The standard InChI is InChI=1S/C31H56N4O4S/c1-3-22-34-23-25-35(26-24-34)30-20-19-29(28-33-30)31(36)32-21-17-15-13-11-9-7-5-4-6-8-10-12-14-16-18-27-39-40(2,37)38/h19-20,28H,3-18,21-27H2,1-2H3,(H,32,36). The van der Waals surface area contributed by atoms with E-state index < -0.39 is 10.1 Å². The zero-order chi connectivity index (χ0) is 28.9. The molecule has 0 saturated carbocycles. The van der Waals surface area contributed by atoms with Crippen molar-refractivity contribution in [3.8, 4) is 0 Å². The molecule has 1 aromatic heterocycles. The van der Waals surface area contributed by atoms with E-state index in [0.29, 0.717) is 12.2 Å². The van der Waals surface area contributed by atoms with Gasteiger partial charge in [0.2, 0.25) is 0 Å². The Morgan fingerprint density at radius 3 is 1.82 bits per heavy atom. The van der Waals surface area contributed by atoms with Crippen LogP contribution in [-0.4, -0.2) is 76.3 Å². The summed E-state index contributed by atoms with van der Waals surface area (Å²) in [4.78, 5) is 21.8. The van der Waals surface area contributed by atoms with E-state index in [0.717, 1.165) is 64.1 Å². The van der Waals surface area contributed by atoms with Gasteiger partial charge in [0.25, 0.3) is 16.0 Å². The van der Waals surface area contributed by atoms with Gasteiger partial charge in [0.1, 0.15) is 5.82 Å². The fourth-order valence-corrected chi connectivity index (χ4v) is 5.68. The first-order valence-electron chi connectivity index (χ1n) is 15.9. The number of nitrogens with zero attached hydrogens (tertiary/aromatic N) is 3. The molecule has 0 unspecified atom stereocenters. The molecule has 2 rings (SSSR count). The topological polar surface area (TPSA) is 91.8 Å². The van der Waals surface area contributed by atoms with Crippen LogP contribution < -0.4 is 10.2 Å². The quantitative estimate of drug-likeness (QED) is 0.122. The molecule has 1 saturated heterocycles. The average molecular weight is 581 g/mol. The van der Waals surface area contributed by atoms with Gasteiger partial charge < -0.3 is 10.2 Å². The normalized spacial score (nSPS) is 14.5. The molecule has 0 bridgehead atoms. The van der Waals surface area contributed by atoms with Crippen LogP contribution in [0.5, 0.6) is 0 Å². The fourth-order valence-electron chi connectivity index (χ4n) is 5.26. The molecule has 0 radical (unpaired) electrons. The molecule has 1 fully saturated rings. The highest BCUT2D eigenvalue weighted by molar-refractivity contribution is 7.85. The highest BCUT2D eigenvalue weighted by Gasteiger charge is 2.17. The van der Waals surface area contributed by atoms with Crippen molar-refractivity contribution in [1.82, 2.24) is 15.2 Å². The minimum absolute atomic E-state index is 0.0222. The lowest BCUT2D eigenvalue weighted by Gasteiger charge is -2.35. The van der Waals surface area contributed by atoms with E-state index in [1.54, 1.807) is 6.20 Å². The number of pyridine rings is 1. The van der Waals surface area contributed by atoms with Gasteiger partial charge >= 0.3 is 0 Å². The van der Waals surface area contributed by atoms with Crippen molar-refractivity contribution < 1.29 is 17.4 Å². The van der Waals surface area contributed by atoms with Gasteiger partial charge in [0.15, 0.2) is 0 Å². The summed E-state index contributed by atoms with van der Waals surface area (Å²) in [6.07, 6.45) is 22.2. The maximum atomic E-state index is 12.5. The summed E-state index contributed by atoms with van der Waals surface area (Å²) >= 11 is 0. The summed E-state index contributed by atoms with van der Waals surface area (Å²) in [6, 6.07) is 3.88.